The molecule has 164 valence electrons. The molecule has 0 radical (unpaired) electrons. The van der Waals surface area contributed by atoms with Gasteiger partial charge < -0.3 is 29.6 Å². The second kappa shape index (κ2) is 11.5. The quantitative estimate of drug-likeness (QED) is 0.402. The summed E-state index contributed by atoms with van der Waals surface area (Å²) in [7, 11) is 0. The summed E-state index contributed by atoms with van der Waals surface area (Å²) in [5.74, 6) is 1.93. The van der Waals surface area contributed by atoms with Gasteiger partial charge in [-0.25, -0.2) is 0 Å². The molecule has 2 aromatic rings. The molecule has 7 nitrogen and oxygen atoms in total. The fraction of sp³-hybridized carbons (Fsp3) is 0.476. The lowest BCUT2D eigenvalue weighted by Gasteiger charge is -2.16. The second-order valence-corrected chi connectivity index (χ2v) is 7.02. The average Bonchev–Trinajstić information content (AvgIpc) is 3.43. The topological polar surface area (TPSA) is 88.3 Å². The van der Waals surface area contributed by atoms with Crippen LogP contribution < -0.4 is 15.4 Å². The third kappa shape index (κ3) is 7.31. The molecule has 30 heavy (non-hydrogen) atoms. The second-order valence-electron chi connectivity index (χ2n) is 7.02. The van der Waals surface area contributed by atoms with E-state index in [-0.39, 0.29) is 12.3 Å². The van der Waals surface area contributed by atoms with Crippen molar-refractivity contribution in [1.29, 1.82) is 0 Å². The van der Waals surface area contributed by atoms with E-state index in [9.17, 15) is 13.9 Å². The van der Waals surface area contributed by atoms with Crippen molar-refractivity contribution in [3.8, 4) is 5.75 Å². The standard InChI is InChI=1S/C21H27F2N3O4/c22-20(23)30-18-5-3-16(4-6-18)19(27)13-26-21(25-12-15-8-11-28-14-15)24-9-7-17-2-1-10-29-17/h1-6,10,15,19-20,27H,7-9,11-14H2,(H2,24,25,26). The summed E-state index contributed by atoms with van der Waals surface area (Å²) < 4.78 is 39.6. The molecule has 9 heteroatoms. The molecule has 1 saturated heterocycles. The van der Waals surface area contributed by atoms with E-state index in [0.29, 0.717) is 30.4 Å². The molecule has 2 unspecified atom stereocenters. The first kappa shape index (κ1) is 22.0. The number of alkyl halides is 2. The van der Waals surface area contributed by atoms with Crippen LogP contribution in [0.5, 0.6) is 5.75 Å². The number of benzene rings is 1. The zero-order chi connectivity index (χ0) is 21.2. The number of halogens is 2. The highest BCUT2D eigenvalue weighted by Crippen LogP contribution is 2.19. The smallest absolute Gasteiger partial charge is 0.387 e. The fourth-order valence-corrected chi connectivity index (χ4v) is 3.07. The van der Waals surface area contributed by atoms with Crippen molar-refractivity contribution in [2.45, 2.75) is 25.6 Å². The lowest BCUT2D eigenvalue weighted by Crippen LogP contribution is -2.41. The molecule has 0 amide bonds. The largest absolute Gasteiger partial charge is 0.469 e. The fourth-order valence-electron chi connectivity index (χ4n) is 3.07. The number of aliphatic imine (C=N–C) groups is 1. The number of hydrogen-bond acceptors (Lipinski definition) is 5. The minimum absolute atomic E-state index is 0.0465. The summed E-state index contributed by atoms with van der Waals surface area (Å²) >= 11 is 0. The number of ether oxygens (including phenoxy) is 2. The first-order chi connectivity index (χ1) is 14.6. The lowest BCUT2D eigenvalue weighted by atomic mass is 10.1. The van der Waals surface area contributed by atoms with E-state index in [1.807, 2.05) is 12.1 Å². The molecule has 1 fully saturated rings. The zero-order valence-electron chi connectivity index (χ0n) is 16.6. The summed E-state index contributed by atoms with van der Waals surface area (Å²) in [6, 6.07) is 9.64. The normalized spacial score (nSPS) is 17.9. The van der Waals surface area contributed by atoms with Crippen LogP contribution in [0.15, 0.2) is 52.1 Å². The first-order valence-corrected chi connectivity index (χ1v) is 9.95. The van der Waals surface area contributed by atoms with Gasteiger partial charge in [0.05, 0.1) is 25.5 Å². The van der Waals surface area contributed by atoms with Gasteiger partial charge in [-0.15, -0.1) is 0 Å². The highest BCUT2D eigenvalue weighted by atomic mass is 19.3. The molecular formula is C21H27F2N3O4. The molecular weight excluding hydrogens is 396 g/mol. The number of nitrogens with one attached hydrogen (secondary N) is 2. The molecule has 1 aliphatic rings. The number of aliphatic hydroxyl groups is 1. The van der Waals surface area contributed by atoms with E-state index in [1.165, 1.54) is 12.1 Å². The third-order valence-electron chi connectivity index (χ3n) is 4.74. The molecule has 2 heterocycles. The van der Waals surface area contributed by atoms with Crippen LogP contribution in [0.2, 0.25) is 0 Å². The van der Waals surface area contributed by atoms with E-state index in [4.69, 9.17) is 9.15 Å². The first-order valence-electron chi connectivity index (χ1n) is 9.95. The summed E-state index contributed by atoms with van der Waals surface area (Å²) in [6.07, 6.45) is 2.47. The van der Waals surface area contributed by atoms with Crippen molar-refractivity contribution >= 4 is 5.96 Å². The Balaban J connectivity index is 1.54. The van der Waals surface area contributed by atoms with Crippen LogP contribution in [0.4, 0.5) is 8.78 Å². The summed E-state index contributed by atoms with van der Waals surface area (Å²) in [5, 5.41) is 16.9. The third-order valence-corrected chi connectivity index (χ3v) is 4.74. The Kier molecular flexibility index (Phi) is 8.46. The van der Waals surface area contributed by atoms with Gasteiger partial charge in [0, 0.05) is 32.0 Å². The Morgan fingerprint density at radius 3 is 2.73 bits per heavy atom. The van der Waals surface area contributed by atoms with Crippen molar-refractivity contribution in [2.24, 2.45) is 10.9 Å². The van der Waals surface area contributed by atoms with Gasteiger partial charge in [-0.05, 0) is 36.2 Å². The van der Waals surface area contributed by atoms with Crippen LogP contribution in [0.1, 0.15) is 23.8 Å². The van der Waals surface area contributed by atoms with Crippen molar-refractivity contribution in [3.05, 3.63) is 54.0 Å². The number of furan rings is 1. The van der Waals surface area contributed by atoms with E-state index < -0.39 is 12.7 Å². The minimum atomic E-state index is -2.88. The molecule has 0 spiro atoms. The van der Waals surface area contributed by atoms with Crippen LogP contribution in [0, 0.1) is 5.92 Å². The van der Waals surface area contributed by atoms with Gasteiger partial charge in [0.1, 0.15) is 11.5 Å². The van der Waals surface area contributed by atoms with E-state index in [0.717, 1.165) is 31.9 Å². The van der Waals surface area contributed by atoms with Crippen molar-refractivity contribution in [3.63, 3.8) is 0 Å². The van der Waals surface area contributed by atoms with Crippen molar-refractivity contribution < 1.29 is 27.8 Å². The van der Waals surface area contributed by atoms with Gasteiger partial charge >= 0.3 is 6.61 Å². The molecule has 1 aliphatic heterocycles. The van der Waals surface area contributed by atoms with E-state index >= 15 is 0 Å². The van der Waals surface area contributed by atoms with Gasteiger partial charge in [0.15, 0.2) is 5.96 Å². The maximum atomic E-state index is 12.2. The molecule has 0 bridgehead atoms. The molecule has 2 atom stereocenters. The summed E-state index contributed by atoms with van der Waals surface area (Å²) in [5.41, 5.74) is 0.569. The number of aliphatic hydroxyl groups excluding tert-OH is 1. The number of guanidine groups is 1. The molecule has 1 aromatic heterocycles. The monoisotopic (exact) mass is 423 g/mol. The SMILES string of the molecule is OC(CN=C(NCCc1ccco1)NCC1CCOC1)c1ccc(OC(F)F)cc1. The Labute approximate surface area is 174 Å². The molecule has 3 N–H and O–H groups in total. The molecule has 0 aliphatic carbocycles. The van der Waals surface area contributed by atoms with Crippen molar-refractivity contribution in [1.82, 2.24) is 10.6 Å². The maximum Gasteiger partial charge on any atom is 0.387 e. The van der Waals surface area contributed by atoms with Gasteiger partial charge in [0.2, 0.25) is 0 Å². The van der Waals surface area contributed by atoms with Gasteiger partial charge in [-0.2, -0.15) is 8.78 Å². The number of rotatable bonds is 10. The minimum Gasteiger partial charge on any atom is -0.469 e. The predicted molar refractivity (Wildman–Crippen MR) is 108 cm³/mol. The highest BCUT2D eigenvalue weighted by Gasteiger charge is 2.16. The highest BCUT2D eigenvalue weighted by molar-refractivity contribution is 5.79. The Bertz CT molecular complexity index is 763. The average molecular weight is 423 g/mol. The van der Waals surface area contributed by atoms with E-state index in [1.54, 1.807) is 18.4 Å². The molecule has 0 saturated carbocycles. The van der Waals surface area contributed by atoms with Gasteiger partial charge in [0.25, 0.3) is 0 Å². The Morgan fingerprint density at radius 2 is 2.07 bits per heavy atom. The lowest BCUT2D eigenvalue weighted by molar-refractivity contribution is -0.0498. The number of hydrogen-bond donors (Lipinski definition) is 3. The van der Waals surface area contributed by atoms with Crippen LogP contribution in [-0.4, -0.2) is 50.5 Å². The molecule has 3 rings (SSSR count). The molecule has 1 aromatic carbocycles. The Morgan fingerprint density at radius 1 is 1.23 bits per heavy atom. The van der Waals surface area contributed by atoms with Gasteiger partial charge in [-0.3, -0.25) is 4.99 Å². The van der Waals surface area contributed by atoms with E-state index in [2.05, 4.69) is 20.4 Å². The van der Waals surface area contributed by atoms with Crippen LogP contribution >= 0.6 is 0 Å². The number of nitrogens with zero attached hydrogens (tertiary/aromatic N) is 1. The maximum absolute atomic E-state index is 12.2. The predicted octanol–water partition coefficient (Wildman–Crippen LogP) is 2.73. The Hall–Kier alpha value is -2.65. The van der Waals surface area contributed by atoms with Crippen LogP contribution in [0.25, 0.3) is 0 Å². The van der Waals surface area contributed by atoms with Gasteiger partial charge in [-0.1, -0.05) is 12.1 Å². The van der Waals surface area contributed by atoms with Crippen LogP contribution in [-0.2, 0) is 11.2 Å². The van der Waals surface area contributed by atoms with Crippen molar-refractivity contribution in [2.75, 3.05) is 32.8 Å². The van der Waals surface area contributed by atoms with Crippen LogP contribution in [0.3, 0.4) is 0 Å². The summed E-state index contributed by atoms with van der Waals surface area (Å²) in [6.45, 7) is 0.0821. The summed E-state index contributed by atoms with van der Waals surface area (Å²) in [4.78, 5) is 4.47. The zero-order valence-corrected chi connectivity index (χ0v) is 16.6.